The zero-order chi connectivity index (χ0) is 36.4. The molecule has 11 nitrogen and oxygen atoms in total. The number of aromatic nitrogens is 3. The van der Waals surface area contributed by atoms with Crippen molar-refractivity contribution in [2.75, 3.05) is 66.6 Å². The number of nitrogens with zero attached hydrogens (tertiary/aromatic N) is 7. The molecular weight excluding hydrogens is 678 g/mol. The van der Waals surface area contributed by atoms with Crippen LogP contribution in [0.4, 0.5) is 0 Å². The molecule has 2 aromatic carbocycles. The molecule has 0 unspecified atom stereocenters. The highest BCUT2D eigenvalue weighted by atomic mass is 35.5. The zero-order valence-electron chi connectivity index (χ0n) is 30.4. The SMILES string of the molecule is COc1cc(-c2ncnc(-c3cccc(-c4ccc(CN5CC6(C5)CN(C(C)=O)C6)c(OC)n4)c3Cl)c2C)ccc1CN1CC2(C1)CN(C(C)=O)C2. The molecule has 2 spiro atoms. The molecule has 2 amide bonds. The summed E-state index contributed by atoms with van der Waals surface area (Å²) in [6.07, 6.45) is 1.58. The first kappa shape index (κ1) is 34.5. The van der Waals surface area contributed by atoms with Crippen molar-refractivity contribution in [1.29, 1.82) is 0 Å². The Morgan fingerprint density at radius 1 is 0.750 bits per heavy atom. The third kappa shape index (κ3) is 6.08. The van der Waals surface area contributed by atoms with Crippen molar-refractivity contribution >= 4 is 23.4 Å². The van der Waals surface area contributed by atoms with Gasteiger partial charge in [0.1, 0.15) is 12.1 Å². The summed E-state index contributed by atoms with van der Waals surface area (Å²) in [6.45, 7) is 14.2. The molecule has 0 N–H and O–H groups in total. The molecule has 2 aromatic heterocycles. The lowest BCUT2D eigenvalue weighted by molar-refractivity contribution is -0.158. The van der Waals surface area contributed by atoms with E-state index in [9.17, 15) is 9.59 Å². The predicted octanol–water partition coefficient (Wildman–Crippen LogP) is 5.18. The van der Waals surface area contributed by atoms with Crippen LogP contribution in [0.3, 0.4) is 0 Å². The number of methoxy groups -OCH3 is 2. The standard InChI is InChI=1S/C40H44ClN7O4/c1-25-36(28-9-10-29(34(13-28)51-4)14-45-16-39(17-45)20-47(21-39)26(2)49)42-24-43-37(25)32-8-6-7-31(35(32)41)33-12-11-30(38(44-33)52-5)15-46-18-40(19-46)22-48(23-40)27(3)50/h6-13,24H,14-23H2,1-5H3. The average molecular weight is 722 g/mol. The van der Waals surface area contributed by atoms with Crippen LogP contribution in [0.25, 0.3) is 33.8 Å². The van der Waals surface area contributed by atoms with E-state index in [-0.39, 0.29) is 22.6 Å². The molecule has 270 valence electrons. The molecule has 0 radical (unpaired) electrons. The number of pyridine rings is 1. The third-order valence-corrected chi connectivity index (χ3v) is 11.7. The first-order valence-corrected chi connectivity index (χ1v) is 18.1. The van der Waals surface area contributed by atoms with E-state index in [0.717, 1.165) is 122 Å². The first-order chi connectivity index (χ1) is 25.0. The molecule has 0 saturated carbocycles. The molecule has 4 saturated heterocycles. The van der Waals surface area contributed by atoms with E-state index < -0.39 is 0 Å². The van der Waals surface area contributed by atoms with Crippen LogP contribution in [0.15, 0.2) is 54.9 Å². The summed E-state index contributed by atoms with van der Waals surface area (Å²) in [5.74, 6) is 1.71. The van der Waals surface area contributed by atoms with Gasteiger partial charge in [0.15, 0.2) is 0 Å². The minimum atomic E-state index is 0.153. The largest absolute Gasteiger partial charge is 0.496 e. The fourth-order valence-corrected chi connectivity index (χ4v) is 9.06. The van der Waals surface area contributed by atoms with E-state index in [2.05, 4.69) is 28.0 Å². The van der Waals surface area contributed by atoms with Gasteiger partial charge in [-0.2, -0.15) is 0 Å². The van der Waals surface area contributed by atoms with Gasteiger partial charge in [0.25, 0.3) is 0 Å². The maximum Gasteiger partial charge on any atom is 0.219 e. The molecule has 4 aliphatic heterocycles. The lowest BCUT2D eigenvalue weighted by Crippen LogP contribution is -2.72. The van der Waals surface area contributed by atoms with Crippen LogP contribution in [0.5, 0.6) is 11.6 Å². The highest BCUT2D eigenvalue weighted by molar-refractivity contribution is 6.36. The maximum atomic E-state index is 11.6. The van der Waals surface area contributed by atoms with Gasteiger partial charge in [-0.3, -0.25) is 19.4 Å². The van der Waals surface area contributed by atoms with Gasteiger partial charge in [-0.1, -0.05) is 48.0 Å². The Bertz CT molecular complexity index is 1910. The second-order valence-electron chi connectivity index (χ2n) is 15.3. The summed E-state index contributed by atoms with van der Waals surface area (Å²) in [5.41, 5.74) is 8.35. The molecule has 4 aliphatic rings. The molecule has 0 atom stereocenters. The number of hydrogen-bond acceptors (Lipinski definition) is 9. The monoisotopic (exact) mass is 721 g/mol. The van der Waals surface area contributed by atoms with Crippen molar-refractivity contribution < 1.29 is 19.1 Å². The lowest BCUT2D eigenvalue weighted by Gasteiger charge is -2.60. The Balaban J connectivity index is 0.982. The van der Waals surface area contributed by atoms with Gasteiger partial charge in [0, 0.05) is 124 Å². The molecule has 4 aromatic rings. The number of carbonyl (C=O) groups excluding carboxylic acids is 2. The summed E-state index contributed by atoms with van der Waals surface area (Å²) < 4.78 is 11.6. The number of ether oxygens (including phenoxy) is 2. The summed E-state index contributed by atoms with van der Waals surface area (Å²) in [4.78, 5) is 46.2. The second-order valence-corrected chi connectivity index (χ2v) is 15.7. The Kier molecular flexibility index (Phi) is 8.71. The Labute approximate surface area is 309 Å². The van der Waals surface area contributed by atoms with E-state index in [1.165, 1.54) is 0 Å². The Morgan fingerprint density at radius 2 is 1.33 bits per heavy atom. The predicted molar refractivity (Wildman–Crippen MR) is 199 cm³/mol. The topological polar surface area (TPSA) is 104 Å². The molecule has 0 aliphatic carbocycles. The average Bonchev–Trinajstić information content (AvgIpc) is 3.06. The number of hydrogen-bond donors (Lipinski definition) is 0. The summed E-state index contributed by atoms with van der Waals surface area (Å²) in [7, 11) is 3.35. The van der Waals surface area contributed by atoms with Crippen molar-refractivity contribution in [3.8, 4) is 45.4 Å². The van der Waals surface area contributed by atoms with Gasteiger partial charge in [-0.15, -0.1) is 0 Å². The number of rotatable bonds is 9. The van der Waals surface area contributed by atoms with Crippen LogP contribution in [0.2, 0.25) is 5.02 Å². The van der Waals surface area contributed by atoms with Crippen LogP contribution in [-0.2, 0) is 22.7 Å². The van der Waals surface area contributed by atoms with Gasteiger partial charge in [-0.05, 0) is 19.1 Å². The van der Waals surface area contributed by atoms with Crippen LogP contribution in [0.1, 0.15) is 30.5 Å². The zero-order valence-corrected chi connectivity index (χ0v) is 31.2. The molecule has 8 rings (SSSR count). The Hall–Kier alpha value is -4.58. The van der Waals surface area contributed by atoms with Crippen molar-refractivity contribution in [3.05, 3.63) is 76.6 Å². The normalized spacial score (nSPS) is 18.7. The summed E-state index contributed by atoms with van der Waals surface area (Å²) >= 11 is 7.16. The number of benzene rings is 2. The smallest absolute Gasteiger partial charge is 0.219 e. The van der Waals surface area contributed by atoms with Crippen molar-refractivity contribution in [3.63, 3.8) is 0 Å². The maximum absolute atomic E-state index is 11.6. The highest BCUT2D eigenvalue weighted by Gasteiger charge is 2.53. The molecule has 0 bridgehead atoms. The van der Waals surface area contributed by atoms with Crippen LogP contribution in [-0.4, -0.2) is 113 Å². The fourth-order valence-electron chi connectivity index (χ4n) is 8.75. The van der Waals surface area contributed by atoms with Crippen LogP contribution >= 0.6 is 11.6 Å². The first-order valence-electron chi connectivity index (χ1n) is 17.8. The highest BCUT2D eigenvalue weighted by Crippen LogP contribution is 2.43. The van der Waals surface area contributed by atoms with E-state index in [1.54, 1.807) is 34.4 Å². The fraction of sp³-hybridized carbons (Fsp3) is 0.425. The molecule has 6 heterocycles. The van der Waals surface area contributed by atoms with E-state index >= 15 is 0 Å². The van der Waals surface area contributed by atoms with Crippen molar-refractivity contribution in [1.82, 2.24) is 34.6 Å². The van der Waals surface area contributed by atoms with Crippen molar-refractivity contribution in [2.45, 2.75) is 33.9 Å². The van der Waals surface area contributed by atoms with Gasteiger partial charge in [0.05, 0.1) is 36.3 Å². The van der Waals surface area contributed by atoms with Gasteiger partial charge in [-0.25, -0.2) is 15.0 Å². The minimum absolute atomic E-state index is 0.153. The van der Waals surface area contributed by atoms with Gasteiger partial charge >= 0.3 is 0 Å². The van der Waals surface area contributed by atoms with Crippen molar-refractivity contribution in [2.24, 2.45) is 10.8 Å². The third-order valence-electron chi connectivity index (χ3n) is 11.3. The summed E-state index contributed by atoms with van der Waals surface area (Å²) in [5, 5.41) is 0.556. The summed E-state index contributed by atoms with van der Waals surface area (Å²) in [6, 6.07) is 16.2. The number of amides is 2. The molecule has 4 fully saturated rings. The van der Waals surface area contributed by atoms with E-state index in [0.29, 0.717) is 10.9 Å². The molecule has 12 heteroatoms. The number of carbonyl (C=O) groups is 2. The number of halogens is 1. The number of likely N-dealkylation sites (tertiary alicyclic amines) is 4. The van der Waals surface area contributed by atoms with Crippen LogP contribution in [0, 0.1) is 17.8 Å². The quantitative estimate of drug-likeness (QED) is 0.231. The van der Waals surface area contributed by atoms with E-state index in [4.69, 9.17) is 36.0 Å². The molecular formula is C40H44ClN7O4. The minimum Gasteiger partial charge on any atom is -0.496 e. The second kappa shape index (κ2) is 13.1. The molecule has 52 heavy (non-hydrogen) atoms. The van der Waals surface area contributed by atoms with Crippen LogP contribution < -0.4 is 9.47 Å². The lowest BCUT2D eigenvalue weighted by atomic mass is 9.72. The van der Waals surface area contributed by atoms with Gasteiger partial charge in [0.2, 0.25) is 17.7 Å². The Morgan fingerprint density at radius 3 is 1.92 bits per heavy atom. The van der Waals surface area contributed by atoms with Gasteiger partial charge < -0.3 is 19.3 Å². The van der Waals surface area contributed by atoms with E-state index in [1.807, 2.05) is 47.1 Å².